The molecule has 1 amide bonds. The number of hydrogen-bond donors (Lipinski definition) is 0. The van der Waals surface area contributed by atoms with E-state index in [0.717, 1.165) is 6.42 Å². The van der Waals surface area contributed by atoms with Crippen molar-refractivity contribution >= 4 is 11.6 Å². The summed E-state index contributed by atoms with van der Waals surface area (Å²) in [5.74, 6) is -0.0275. The molecule has 1 aliphatic rings. The molecule has 0 bridgehead atoms. The van der Waals surface area contributed by atoms with E-state index in [0.29, 0.717) is 25.7 Å². The van der Waals surface area contributed by atoms with E-state index in [1.807, 2.05) is 26.0 Å². The highest BCUT2D eigenvalue weighted by Crippen LogP contribution is 2.31. The lowest BCUT2D eigenvalue weighted by Gasteiger charge is -2.29. The second-order valence-electron chi connectivity index (χ2n) is 5.77. The Balaban J connectivity index is 2.07. The van der Waals surface area contributed by atoms with Gasteiger partial charge in [-0.2, -0.15) is 5.26 Å². The summed E-state index contributed by atoms with van der Waals surface area (Å²) in [6.07, 6.45) is 0.990. The molecule has 0 aromatic heterocycles. The van der Waals surface area contributed by atoms with Crippen molar-refractivity contribution in [2.24, 2.45) is 5.92 Å². The molecule has 0 saturated carbocycles. The van der Waals surface area contributed by atoms with Crippen molar-refractivity contribution in [1.29, 1.82) is 5.26 Å². The summed E-state index contributed by atoms with van der Waals surface area (Å²) in [7, 11) is 0. The second kappa shape index (κ2) is 6.62. The van der Waals surface area contributed by atoms with E-state index in [4.69, 9.17) is 5.26 Å². The predicted octanol–water partition coefficient (Wildman–Crippen LogP) is 2.45. The first-order chi connectivity index (χ1) is 10.1. The van der Waals surface area contributed by atoms with Crippen molar-refractivity contribution in [3.8, 4) is 6.07 Å². The van der Waals surface area contributed by atoms with Crippen LogP contribution in [0.4, 0.5) is 5.69 Å². The molecule has 2 rings (SSSR count). The summed E-state index contributed by atoms with van der Waals surface area (Å²) in [5.41, 5.74) is 2.48. The number of nitriles is 1. The number of carbonyl (C=O) groups is 1. The van der Waals surface area contributed by atoms with Crippen LogP contribution in [0, 0.1) is 17.2 Å². The van der Waals surface area contributed by atoms with Gasteiger partial charge in [-0.05, 0) is 38.8 Å². The molecule has 0 N–H and O–H groups in total. The van der Waals surface area contributed by atoms with E-state index in [2.05, 4.69) is 30.0 Å². The molecule has 2 unspecified atom stereocenters. The molecule has 0 saturated heterocycles. The van der Waals surface area contributed by atoms with Crippen LogP contribution in [0.1, 0.15) is 26.3 Å². The molecule has 4 nitrogen and oxygen atoms in total. The largest absolute Gasteiger partial charge is 0.359 e. The number of rotatable bonds is 5. The van der Waals surface area contributed by atoms with Gasteiger partial charge in [0, 0.05) is 24.8 Å². The van der Waals surface area contributed by atoms with Crippen LogP contribution < -0.4 is 4.90 Å². The molecule has 1 aromatic rings. The van der Waals surface area contributed by atoms with Crippen LogP contribution >= 0.6 is 0 Å². The maximum atomic E-state index is 12.5. The van der Waals surface area contributed by atoms with Gasteiger partial charge in [0.15, 0.2) is 0 Å². The molecular formula is C17H23N3O. The van der Waals surface area contributed by atoms with Gasteiger partial charge < -0.3 is 9.80 Å². The monoisotopic (exact) mass is 285 g/mol. The van der Waals surface area contributed by atoms with Crippen molar-refractivity contribution in [3.63, 3.8) is 0 Å². The molecule has 0 aliphatic carbocycles. The second-order valence-corrected chi connectivity index (χ2v) is 5.77. The number of hydrogen-bond acceptors (Lipinski definition) is 3. The van der Waals surface area contributed by atoms with Crippen LogP contribution in [0.15, 0.2) is 24.3 Å². The quantitative estimate of drug-likeness (QED) is 0.835. The van der Waals surface area contributed by atoms with Gasteiger partial charge in [0.05, 0.1) is 18.5 Å². The Morgan fingerprint density at radius 3 is 2.90 bits per heavy atom. The number of para-hydroxylation sites is 1. The maximum absolute atomic E-state index is 12.5. The Kier molecular flexibility index (Phi) is 4.85. The Hall–Kier alpha value is -2.02. The summed E-state index contributed by atoms with van der Waals surface area (Å²) < 4.78 is 0. The topological polar surface area (TPSA) is 47.3 Å². The van der Waals surface area contributed by atoms with Crippen molar-refractivity contribution in [3.05, 3.63) is 29.8 Å². The summed E-state index contributed by atoms with van der Waals surface area (Å²) in [4.78, 5) is 16.5. The van der Waals surface area contributed by atoms with Crippen LogP contribution in [0.25, 0.3) is 0 Å². The first-order valence-corrected chi connectivity index (χ1v) is 7.58. The van der Waals surface area contributed by atoms with Gasteiger partial charge in [0.1, 0.15) is 0 Å². The normalized spacial score (nSPS) is 18.0. The van der Waals surface area contributed by atoms with Gasteiger partial charge >= 0.3 is 0 Å². The van der Waals surface area contributed by atoms with Gasteiger partial charge in [-0.3, -0.25) is 4.79 Å². The minimum atomic E-state index is -0.128. The van der Waals surface area contributed by atoms with Crippen molar-refractivity contribution in [1.82, 2.24) is 4.90 Å². The lowest BCUT2D eigenvalue weighted by atomic mass is 10.1. The van der Waals surface area contributed by atoms with Crippen molar-refractivity contribution < 1.29 is 4.79 Å². The fraction of sp³-hybridized carbons (Fsp3) is 0.529. The van der Waals surface area contributed by atoms with Crippen molar-refractivity contribution in [2.45, 2.75) is 33.2 Å². The van der Waals surface area contributed by atoms with Gasteiger partial charge in [0.25, 0.3) is 0 Å². The molecule has 2 atom stereocenters. The number of anilines is 1. The SMILES string of the molecule is CCN(CC(C)C#N)C(=O)CN1c2ccccc2CC1C. The average Bonchev–Trinajstić information content (AvgIpc) is 2.80. The Labute approximate surface area is 127 Å². The lowest BCUT2D eigenvalue weighted by molar-refractivity contribution is -0.129. The third kappa shape index (κ3) is 3.36. The van der Waals surface area contributed by atoms with Gasteiger partial charge in [-0.1, -0.05) is 18.2 Å². The zero-order valence-electron chi connectivity index (χ0n) is 13.0. The molecule has 4 heteroatoms. The maximum Gasteiger partial charge on any atom is 0.242 e. The highest BCUT2D eigenvalue weighted by molar-refractivity contribution is 5.82. The number of carbonyl (C=O) groups excluding carboxylic acids is 1. The average molecular weight is 285 g/mol. The summed E-state index contributed by atoms with van der Waals surface area (Å²) in [5, 5.41) is 8.92. The zero-order chi connectivity index (χ0) is 15.4. The van der Waals surface area contributed by atoms with E-state index in [1.165, 1.54) is 11.3 Å². The van der Waals surface area contributed by atoms with Crippen LogP contribution in [0.3, 0.4) is 0 Å². The molecule has 21 heavy (non-hydrogen) atoms. The number of fused-ring (bicyclic) bond motifs is 1. The molecule has 1 aliphatic heterocycles. The first-order valence-electron chi connectivity index (χ1n) is 7.58. The molecule has 0 spiro atoms. The van der Waals surface area contributed by atoms with E-state index in [1.54, 1.807) is 4.90 Å². The minimum absolute atomic E-state index is 0.100. The fourth-order valence-corrected chi connectivity index (χ4v) is 2.89. The molecule has 0 radical (unpaired) electrons. The molecule has 1 aromatic carbocycles. The zero-order valence-corrected chi connectivity index (χ0v) is 13.0. The van der Waals surface area contributed by atoms with Crippen molar-refractivity contribution in [2.75, 3.05) is 24.5 Å². The minimum Gasteiger partial charge on any atom is -0.359 e. The number of nitrogens with zero attached hydrogens (tertiary/aromatic N) is 3. The van der Waals surface area contributed by atoms with E-state index < -0.39 is 0 Å². The molecule has 112 valence electrons. The summed E-state index contributed by atoms with van der Waals surface area (Å²) in [6, 6.07) is 10.8. The Bertz CT molecular complexity index is 549. The summed E-state index contributed by atoms with van der Waals surface area (Å²) in [6.45, 7) is 7.52. The van der Waals surface area contributed by atoms with Crippen LogP contribution in [0.2, 0.25) is 0 Å². The molecular weight excluding hydrogens is 262 g/mol. The Morgan fingerprint density at radius 2 is 2.24 bits per heavy atom. The van der Waals surface area contributed by atoms with E-state index in [9.17, 15) is 4.79 Å². The molecule has 1 heterocycles. The number of amides is 1. The molecule has 0 fully saturated rings. The Morgan fingerprint density at radius 1 is 1.52 bits per heavy atom. The fourth-order valence-electron chi connectivity index (χ4n) is 2.89. The van der Waals surface area contributed by atoms with Gasteiger partial charge in [-0.15, -0.1) is 0 Å². The summed E-state index contributed by atoms with van der Waals surface area (Å²) >= 11 is 0. The number of benzene rings is 1. The first kappa shape index (κ1) is 15.4. The highest BCUT2D eigenvalue weighted by Gasteiger charge is 2.28. The predicted molar refractivity (Wildman–Crippen MR) is 84.0 cm³/mol. The van der Waals surface area contributed by atoms with Gasteiger partial charge in [0.2, 0.25) is 5.91 Å². The van der Waals surface area contributed by atoms with E-state index in [-0.39, 0.29) is 11.8 Å². The van der Waals surface area contributed by atoms with Crippen LogP contribution in [-0.2, 0) is 11.2 Å². The third-order valence-corrected chi connectivity index (χ3v) is 4.10. The smallest absolute Gasteiger partial charge is 0.242 e. The van der Waals surface area contributed by atoms with E-state index >= 15 is 0 Å². The van der Waals surface area contributed by atoms with Crippen LogP contribution in [-0.4, -0.2) is 36.5 Å². The lowest BCUT2D eigenvalue weighted by Crippen LogP contribution is -2.43. The van der Waals surface area contributed by atoms with Gasteiger partial charge in [-0.25, -0.2) is 0 Å². The standard InChI is InChI=1S/C17H23N3O/c1-4-19(11-13(2)10-18)17(21)12-20-14(3)9-15-7-5-6-8-16(15)20/h5-8,13-14H,4,9,11-12H2,1-3H3. The highest BCUT2D eigenvalue weighted by atomic mass is 16.2. The van der Waals surface area contributed by atoms with Crippen LogP contribution in [0.5, 0.6) is 0 Å². The number of likely N-dealkylation sites (N-methyl/N-ethyl adjacent to an activating group) is 1. The third-order valence-electron chi connectivity index (χ3n) is 4.10.